The normalized spacial score (nSPS) is 18.0. The highest BCUT2D eigenvalue weighted by Crippen LogP contribution is 2.28. The Labute approximate surface area is 196 Å². The highest BCUT2D eigenvalue weighted by Gasteiger charge is 2.16. The van der Waals surface area contributed by atoms with Crippen LogP contribution in [-0.2, 0) is 12.8 Å². The molecule has 0 bridgehead atoms. The molecule has 7 heteroatoms. The Morgan fingerprint density at radius 3 is 2.67 bits per heavy atom. The second-order valence-electron chi connectivity index (χ2n) is 9.39. The minimum atomic E-state index is 0.508. The SMILES string of the molecule is CCc1c(CC(C)C)nc(/N=C2/CCC(C)CNC2)nc1Nc1ccc(-c2cn[nH]c2)cc1. The van der Waals surface area contributed by atoms with Crippen LogP contribution in [0.4, 0.5) is 17.5 Å². The lowest BCUT2D eigenvalue weighted by atomic mass is 10.0. The number of anilines is 2. The van der Waals surface area contributed by atoms with Crippen molar-refractivity contribution in [3.05, 3.63) is 47.9 Å². The number of aliphatic imine (C=N–C) groups is 1. The van der Waals surface area contributed by atoms with E-state index in [9.17, 15) is 0 Å². The Hall–Kier alpha value is -3.06. The molecule has 1 atom stereocenters. The van der Waals surface area contributed by atoms with Crippen molar-refractivity contribution < 1.29 is 0 Å². The van der Waals surface area contributed by atoms with E-state index in [0.717, 1.165) is 72.8 Å². The lowest BCUT2D eigenvalue weighted by Gasteiger charge is -2.16. The number of hydrogen-bond donors (Lipinski definition) is 3. The number of hydrogen-bond acceptors (Lipinski definition) is 6. The van der Waals surface area contributed by atoms with Gasteiger partial charge in [-0.25, -0.2) is 9.98 Å². The fraction of sp³-hybridized carbons (Fsp3) is 0.462. The van der Waals surface area contributed by atoms with E-state index in [1.165, 1.54) is 5.56 Å². The summed E-state index contributed by atoms with van der Waals surface area (Å²) in [6.07, 6.45) is 7.64. The summed E-state index contributed by atoms with van der Waals surface area (Å²) in [6.45, 7) is 10.7. The molecule has 33 heavy (non-hydrogen) atoms. The van der Waals surface area contributed by atoms with Crippen molar-refractivity contribution in [2.45, 2.75) is 53.4 Å². The molecule has 1 saturated heterocycles. The first-order valence-corrected chi connectivity index (χ1v) is 12.0. The zero-order valence-corrected chi connectivity index (χ0v) is 20.2. The van der Waals surface area contributed by atoms with E-state index < -0.39 is 0 Å². The van der Waals surface area contributed by atoms with Crippen molar-refractivity contribution in [1.82, 2.24) is 25.5 Å². The second kappa shape index (κ2) is 10.7. The van der Waals surface area contributed by atoms with Crippen LogP contribution in [0.1, 0.15) is 51.8 Å². The van der Waals surface area contributed by atoms with Gasteiger partial charge >= 0.3 is 0 Å². The summed E-state index contributed by atoms with van der Waals surface area (Å²) in [5.41, 5.74) is 6.58. The molecule has 4 rings (SSSR count). The lowest BCUT2D eigenvalue weighted by molar-refractivity contribution is 0.527. The molecule has 1 aliphatic heterocycles. The van der Waals surface area contributed by atoms with Gasteiger partial charge in [-0.1, -0.05) is 39.8 Å². The van der Waals surface area contributed by atoms with E-state index in [4.69, 9.17) is 15.0 Å². The Bertz CT molecular complexity index is 1070. The van der Waals surface area contributed by atoms with Crippen LogP contribution in [0.15, 0.2) is 41.7 Å². The van der Waals surface area contributed by atoms with Gasteiger partial charge in [0.05, 0.1) is 11.9 Å². The molecule has 1 unspecified atom stereocenters. The maximum atomic E-state index is 4.90. The molecule has 1 fully saturated rings. The third-order valence-corrected chi connectivity index (χ3v) is 6.02. The highest BCUT2D eigenvalue weighted by atomic mass is 15.1. The standard InChI is InChI=1S/C26H35N7/c1-5-23-24(12-17(2)3)32-26(31-22-9-6-18(4)13-27-16-22)33-25(23)30-21-10-7-19(8-11-21)20-14-28-29-15-20/h7-8,10-11,14-15,17-18,27H,5-6,9,12-13,16H2,1-4H3,(H,28,29)(H,30,32,33)/b31-22-. The smallest absolute Gasteiger partial charge is 0.251 e. The molecule has 0 saturated carbocycles. The maximum Gasteiger partial charge on any atom is 0.251 e. The molecule has 2 aromatic heterocycles. The highest BCUT2D eigenvalue weighted by molar-refractivity contribution is 5.88. The van der Waals surface area contributed by atoms with Crippen molar-refractivity contribution in [2.24, 2.45) is 16.8 Å². The van der Waals surface area contributed by atoms with Crippen molar-refractivity contribution in [3.8, 4) is 11.1 Å². The Morgan fingerprint density at radius 1 is 1.15 bits per heavy atom. The first kappa shape index (κ1) is 23.1. The van der Waals surface area contributed by atoms with E-state index in [-0.39, 0.29) is 0 Å². The quantitative estimate of drug-likeness (QED) is 0.449. The van der Waals surface area contributed by atoms with Gasteiger partial charge in [-0.15, -0.1) is 0 Å². The van der Waals surface area contributed by atoms with E-state index in [1.54, 1.807) is 0 Å². The number of nitrogens with one attached hydrogen (secondary N) is 3. The number of H-pyrrole nitrogens is 1. The fourth-order valence-electron chi connectivity index (χ4n) is 4.19. The van der Waals surface area contributed by atoms with Gasteiger partial charge in [-0.05, 0) is 61.8 Å². The lowest BCUT2D eigenvalue weighted by Crippen LogP contribution is -2.22. The van der Waals surface area contributed by atoms with Gasteiger partial charge in [0.25, 0.3) is 5.95 Å². The molecule has 7 nitrogen and oxygen atoms in total. The average Bonchev–Trinajstić information content (AvgIpc) is 3.25. The number of aromatic nitrogens is 4. The second-order valence-corrected chi connectivity index (χ2v) is 9.39. The average molecular weight is 446 g/mol. The van der Waals surface area contributed by atoms with Crippen LogP contribution in [0.25, 0.3) is 11.1 Å². The Balaban J connectivity index is 1.65. The maximum absolute atomic E-state index is 4.90. The molecule has 0 aliphatic carbocycles. The third kappa shape index (κ3) is 6.05. The summed E-state index contributed by atoms with van der Waals surface area (Å²) in [7, 11) is 0. The first-order valence-electron chi connectivity index (χ1n) is 12.0. The molecular formula is C26H35N7. The summed E-state index contributed by atoms with van der Waals surface area (Å²) in [6, 6.07) is 8.34. The molecule has 3 aromatic rings. The number of benzene rings is 1. The van der Waals surface area contributed by atoms with E-state index >= 15 is 0 Å². The number of rotatable bonds is 7. The predicted molar refractivity (Wildman–Crippen MR) is 136 cm³/mol. The summed E-state index contributed by atoms with van der Waals surface area (Å²) in [5, 5.41) is 14.0. The molecule has 1 aliphatic rings. The van der Waals surface area contributed by atoms with Crippen LogP contribution < -0.4 is 10.6 Å². The topological polar surface area (TPSA) is 90.9 Å². The zero-order chi connectivity index (χ0) is 23.2. The Kier molecular flexibility index (Phi) is 7.50. The van der Waals surface area contributed by atoms with Gasteiger partial charge in [0.1, 0.15) is 5.82 Å². The summed E-state index contributed by atoms with van der Waals surface area (Å²) < 4.78 is 0. The zero-order valence-electron chi connectivity index (χ0n) is 20.2. The number of aromatic amines is 1. The van der Waals surface area contributed by atoms with Crippen molar-refractivity contribution in [3.63, 3.8) is 0 Å². The van der Waals surface area contributed by atoms with Gasteiger partial charge in [0.15, 0.2) is 0 Å². The van der Waals surface area contributed by atoms with E-state index in [2.05, 4.69) is 72.8 Å². The van der Waals surface area contributed by atoms with Crippen LogP contribution in [0.2, 0.25) is 0 Å². The minimum absolute atomic E-state index is 0.508. The molecule has 0 spiro atoms. The minimum Gasteiger partial charge on any atom is -0.340 e. The van der Waals surface area contributed by atoms with Crippen molar-refractivity contribution in [1.29, 1.82) is 0 Å². The summed E-state index contributed by atoms with van der Waals surface area (Å²) in [5.74, 6) is 2.59. The summed E-state index contributed by atoms with van der Waals surface area (Å²) >= 11 is 0. The van der Waals surface area contributed by atoms with Gasteiger partial charge in [0, 0.05) is 35.3 Å². The van der Waals surface area contributed by atoms with Crippen LogP contribution >= 0.6 is 0 Å². The van der Waals surface area contributed by atoms with Gasteiger partial charge in [-0.3, -0.25) is 5.10 Å². The van der Waals surface area contributed by atoms with Crippen LogP contribution in [0, 0.1) is 11.8 Å². The summed E-state index contributed by atoms with van der Waals surface area (Å²) in [4.78, 5) is 14.7. The van der Waals surface area contributed by atoms with E-state index in [1.807, 2.05) is 12.4 Å². The number of nitrogens with zero attached hydrogens (tertiary/aromatic N) is 4. The molecule has 0 radical (unpaired) electrons. The first-order chi connectivity index (χ1) is 16.0. The van der Waals surface area contributed by atoms with Crippen LogP contribution in [0.3, 0.4) is 0 Å². The van der Waals surface area contributed by atoms with E-state index in [0.29, 0.717) is 17.8 Å². The van der Waals surface area contributed by atoms with Gasteiger partial charge in [0.2, 0.25) is 0 Å². The van der Waals surface area contributed by atoms with Gasteiger partial charge < -0.3 is 10.6 Å². The van der Waals surface area contributed by atoms with Crippen molar-refractivity contribution >= 4 is 23.2 Å². The molecule has 3 N–H and O–H groups in total. The molecule has 3 heterocycles. The Morgan fingerprint density at radius 2 is 1.97 bits per heavy atom. The molecule has 174 valence electrons. The van der Waals surface area contributed by atoms with Gasteiger partial charge in [-0.2, -0.15) is 10.1 Å². The molecule has 1 aromatic carbocycles. The molecular weight excluding hydrogens is 410 g/mol. The van der Waals surface area contributed by atoms with Crippen molar-refractivity contribution in [2.75, 3.05) is 18.4 Å². The monoisotopic (exact) mass is 445 g/mol. The van der Waals surface area contributed by atoms with Crippen LogP contribution in [0.5, 0.6) is 0 Å². The molecule has 0 amide bonds. The fourth-order valence-corrected chi connectivity index (χ4v) is 4.19. The largest absolute Gasteiger partial charge is 0.340 e. The van der Waals surface area contributed by atoms with Crippen LogP contribution in [-0.4, -0.2) is 39.0 Å². The third-order valence-electron chi connectivity index (χ3n) is 6.02. The predicted octanol–water partition coefficient (Wildman–Crippen LogP) is 5.46.